The Morgan fingerprint density at radius 2 is 1.05 bits per heavy atom. The number of rotatable bonds is 3. The lowest BCUT2D eigenvalue weighted by atomic mass is 9.81. The predicted molar refractivity (Wildman–Crippen MR) is 82.5 cm³/mol. The third-order valence-corrected chi connectivity index (χ3v) is 4.26. The van der Waals surface area contributed by atoms with Crippen molar-refractivity contribution in [2.75, 3.05) is 0 Å². The van der Waals surface area contributed by atoms with Crippen LogP contribution in [0.2, 0.25) is 0 Å². The van der Waals surface area contributed by atoms with Gasteiger partial charge in [-0.25, -0.2) is 0 Å². The standard InChI is InChI=1S/C18H22O2/c1-11-5-7-15(19)9-17(11)13(3)14(4)18-10-16(20)8-6-12(18)2/h5-10,13-14,19-20H,1-4H3. The van der Waals surface area contributed by atoms with Gasteiger partial charge in [0.25, 0.3) is 0 Å². The SMILES string of the molecule is Cc1ccc(O)cc1C(C)C(C)c1cc(O)ccc1C. The van der Waals surface area contributed by atoms with Gasteiger partial charge in [0.05, 0.1) is 0 Å². The lowest BCUT2D eigenvalue weighted by Gasteiger charge is -2.24. The van der Waals surface area contributed by atoms with Crippen molar-refractivity contribution in [2.45, 2.75) is 39.5 Å². The molecule has 0 bridgehead atoms. The second kappa shape index (κ2) is 5.58. The van der Waals surface area contributed by atoms with Gasteiger partial charge in [-0.15, -0.1) is 0 Å². The molecule has 2 atom stereocenters. The maximum atomic E-state index is 9.70. The van der Waals surface area contributed by atoms with Gasteiger partial charge < -0.3 is 10.2 Å². The number of hydrogen-bond donors (Lipinski definition) is 2. The third kappa shape index (κ3) is 2.79. The number of aromatic hydroxyl groups is 2. The summed E-state index contributed by atoms with van der Waals surface area (Å²) in [5.74, 6) is 1.14. The molecule has 0 aliphatic carbocycles. The van der Waals surface area contributed by atoms with Crippen LogP contribution in [0, 0.1) is 13.8 Å². The fourth-order valence-electron chi connectivity index (χ4n) is 2.78. The second-order valence-corrected chi connectivity index (χ2v) is 5.66. The molecule has 20 heavy (non-hydrogen) atoms. The van der Waals surface area contributed by atoms with Crippen LogP contribution in [0.25, 0.3) is 0 Å². The van der Waals surface area contributed by atoms with E-state index in [1.807, 2.05) is 24.3 Å². The van der Waals surface area contributed by atoms with Gasteiger partial charge in [0.2, 0.25) is 0 Å². The minimum absolute atomic E-state index is 0.266. The number of benzene rings is 2. The van der Waals surface area contributed by atoms with E-state index in [-0.39, 0.29) is 11.8 Å². The van der Waals surface area contributed by atoms with Gasteiger partial charge in [-0.1, -0.05) is 26.0 Å². The summed E-state index contributed by atoms with van der Waals surface area (Å²) >= 11 is 0. The normalized spacial score (nSPS) is 14.0. The Balaban J connectivity index is 2.39. The van der Waals surface area contributed by atoms with Gasteiger partial charge in [0.15, 0.2) is 0 Å². The van der Waals surface area contributed by atoms with E-state index in [9.17, 15) is 10.2 Å². The molecular weight excluding hydrogens is 248 g/mol. The van der Waals surface area contributed by atoms with E-state index < -0.39 is 0 Å². The molecule has 0 aromatic heterocycles. The zero-order valence-corrected chi connectivity index (χ0v) is 12.5. The van der Waals surface area contributed by atoms with Crippen molar-refractivity contribution in [1.82, 2.24) is 0 Å². The molecule has 0 amide bonds. The van der Waals surface area contributed by atoms with Crippen LogP contribution in [0.1, 0.15) is 47.9 Å². The quantitative estimate of drug-likeness (QED) is 0.854. The number of phenolic OH excluding ortho intramolecular Hbond substituents is 2. The average Bonchev–Trinajstić information content (AvgIpc) is 2.42. The van der Waals surface area contributed by atoms with E-state index in [0.717, 1.165) is 11.1 Å². The highest BCUT2D eigenvalue weighted by molar-refractivity contribution is 5.41. The monoisotopic (exact) mass is 270 g/mol. The largest absolute Gasteiger partial charge is 0.508 e. The highest BCUT2D eigenvalue weighted by Crippen LogP contribution is 2.37. The fourth-order valence-corrected chi connectivity index (χ4v) is 2.78. The van der Waals surface area contributed by atoms with E-state index in [4.69, 9.17) is 0 Å². The van der Waals surface area contributed by atoms with Gasteiger partial charge in [-0.3, -0.25) is 0 Å². The molecule has 0 aliphatic rings. The first-order valence-electron chi connectivity index (χ1n) is 6.99. The van der Waals surface area contributed by atoms with Crippen LogP contribution in [-0.2, 0) is 0 Å². The highest BCUT2D eigenvalue weighted by Gasteiger charge is 2.20. The Morgan fingerprint density at radius 3 is 1.40 bits per heavy atom. The van der Waals surface area contributed by atoms with Crippen LogP contribution in [0.4, 0.5) is 0 Å². The Bertz CT molecular complexity index is 561. The minimum Gasteiger partial charge on any atom is -0.508 e. The smallest absolute Gasteiger partial charge is 0.115 e. The van der Waals surface area contributed by atoms with Crippen molar-refractivity contribution in [1.29, 1.82) is 0 Å². The van der Waals surface area contributed by atoms with Crippen molar-refractivity contribution in [2.24, 2.45) is 0 Å². The zero-order chi connectivity index (χ0) is 14.9. The lowest BCUT2D eigenvalue weighted by molar-refractivity contribution is 0.470. The Hall–Kier alpha value is -1.96. The minimum atomic E-state index is 0.266. The van der Waals surface area contributed by atoms with Gasteiger partial charge >= 0.3 is 0 Å². The molecular formula is C18H22O2. The summed E-state index contributed by atoms with van der Waals surface area (Å²) < 4.78 is 0. The van der Waals surface area contributed by atoms with Crippen LogP contribution in [0.15, 0.2) is 36.4 Å². The molecule has 2 nitrogen and oxygen atoms in total. The average molecular weight is 270 g/mol. The van der Waals surface area contributed by atoms with E-state index in [2.05, 4.69) is 27.7 Å². The lowest BCUT2D eigenvalue weighted by Crippen LogP contribution is -2.08. The maximum Gasteiger partial charge on any atom is 0.115 e. The van der Waals surface area contributed by atoms with Crippen LogP contribution in [-0.4, -0.2) is 10.2 Å². The highest BCUT2D eigenvalue weighted by atomic mass is 16.3. The molecule has 0 aliphatic heterocycles. The second-order valence-electron chi connectivity index (χ2n) is 5.66. The summed E-state index contributed by atoms with van der Waals surface area (Å²) in [6.45, 7) is 8.45. The molecule has 0 radical (unpaired) electrons. The van der Waals surface area contributed by atoms with E-state index in [1.165, 1.54) is 11.1 Å². The number of hydrogen-bond acceptors (Lipinski definition) is 2. The van der Waals surface area contributed by atoms with Crippen LogP contribution in [0.5, 0.6) is 11.5 Å². The van der Waals surface area contributed by atoms with Crippen molar-refractivity contribution < 1.29 is 10.2 Å². The third-order valence-electron chi connectivity index (χ3n) is 4.26. The summed E-state index contributed by atoms with van der Waals surface area (Å²) in [6.07, 6.45) is 0. The van der Waals surface area contributed by atoms with Gasteiger partial charge in [-0.05, 0) is 72.2 Å². The topological polar surface area (TPSA) is 40.5 Å². The first-order valence-corrected chi connectivity index (χ1v) is 6.99. The van der Waals surface area contributed by atoms with Crippen molar-refractivity contribution in [3.8, 4) is 11.5 Å². The molecule has 0 spiro atoms. The van der Waals surface area contributed by atoms with Crippen molar-refractivity contribution >= 4 is 0 Å². The molecule has 2 rings (SSSR count). The van der Waals surface area contributed by atoms with Gasteiger partial charge in [0.1, 0.15) is 11.5 Å². The summed E-state index contributed by atoms with van der Waals surface area (Å²) in [4.78, 5) is 0. The number of aryl methyl sites for hydroxylation is 2. The Morgan fingerprint density at radius 1 is 0.700 bits per heavy atom. The van der Waals surface area contributed by atoms with Gasteiger partial charge in [-0.2, -0.15) is 0 Å². The Kier molecular flexibility index (Phi) is 4.03. The molecule has 0 saturated carbocycles. The molecule has 2 aromatic carbocycles. The van der Waals surface area contributed by atoms with Crippen molar-refractivity contribution in [3.05, 3.63) is 58.7 Å². The summed E-state index contributed by atoms with van der Waals surface area (Å²) in [5.41, 5.74) is 4.67. The number of phenols is 2. The molecule has 0 heterocycles. The van der Waals surface area contributed by atoms with Crippen LogP contribution in [0.3, 0.4) is 0 Å². The molecule has 0 saturated heterocycles. The van der Waals surface area contributed by atoms with E-state index >= 15 is 0 Å². The first kappa shape index (κ1) is 14.4. The van der Waals surface area contributed by atoms with Crippen LogP contribution >= 0.6 is 0 Å². The predicted octanol–water partition coefficient (Wildman–Crippen LogP) is 4.62. The van der Waals surface area contributed by atoms with E-state index in [1.54, 1.807) is 12.1 Å². The fraction of sp³-hybridized carbons (Fsp3) is 0.333. The summed E-state index contributed by atoms with van der Waals surface area (Å²) in [6, 6.07) is 11.0. The van der Waals surface area contributed by atoms with Gasteiger partial charge in [0, 0.05) is 0 Å². The maximum absolute atomic E-state index is 9.70. The molecule has 2 aromatic rings. The molecule has 106 valence electrons. The van der Waals surface area contributed by atoms with Crippen molar-refractivity contribution in [3.63, 3.8) is 0 Å². The molecule has 2 N–H and O–H groups in total. The summed E-state index contributed by atoms with van der Waals surface area (Å²) in [7, 11) is 0. The molecule has 2 heteroatoms. The summed E-state index contributed by atoms with van der Waals surface area (Å²) in [5, 5.41) is 19.4. The van der Waals surface area contributed by atoms with Crippen LogP contribution < -0.4 is 0 Å². The Labute approximate surface area is 120 Å². The molecule has 2 unspecified atom stereocenters. The first-order chi connectivity index (χ1) is 9.40. The van der Waals surface area contributed by atoms with E-state index in [0.29, 0.717) is 11.5 Å². The molecule has 0 fully saturated rings. The zero-order valence-electron chi connectivity index (χ0n) is 12.5.